The molecule has 0 aliphatic carbocycles. The predicted molar refractivity (Wildman–Crippen MR) is 141 cm³/mol. The van der Waals surface area contributed by atoms with Crippen LogP contribution in [0.5, 0.6) is 11.5 Å². The van der Waals surface area contributed by atoms with Crippen molar-refractivity contribution in [3.8, 4) is 11.5 Å². The van der Waals surface area contributed by atoms with Gasteiger partial charge in [-0.05, 0) is 59.1 Å². The molecule has 2 fully saturated rings. The van der Waals surface area contributed by atoms with E-state index in [1.165, 1.54) is 22.3 Å². The Balaban J connectivity index is 1.31. The first-order valence-electron chi connectivity index (χ1n) is 12.6. The minimum absolute atomic E-state index is 0.341. The monoisotopic (exact) mass is 520 g/mol. The highest BCUT2D eigenvalue weighted by Crippen LogP contribution is 2.53. The van der Waals surface area contributed by atoms with Gasteiger partial charge in [-0.3, -0.25) is 0 Å². The van der Waals surface area contributed by atoms with E-state index < -0.39 is 17.2 Å². The van der Waals surface area contributed by atoms with E-state index in [9.17, 15) is 0 Å². The highest BCUT2D eigenvalue weighted by molar-refractivity contribution is 7.42. The number of hydrogen-bond acceptors (Lipinski definition) is 6. The summed E-state index contributed by atoms with van der Waals surface area (Å²) in [5.41, 5.74) is 4.62. The Kier molecular flexibility index (Phi) is 9.08. The minimum atomic E-state index is -1.46. The van der Waals surface area contributed by atoms with E-state index in [1.807, 2.05) is 12.1 Å². The van der Waals surface area contributed by atoms with Gasteiger partial charge in [-0.1, -0.05) is 65.8 Å². The summed E-state index contributed by atoms with van der Waals surface area (Å²) in [6, 6.07) is 12.7. The van der Waals surface area contributed by atoms with Crippen LogP contribution in [0, 0.1) is 5.41 Å². The van der Waals surface area contributed by atoms with Crippen LogP contribution < -0.4 is 9.05 Å². The van der Waals surface area contributed by atoms with Crippen LogP contribution in [-0.4, -0.2) is 26.4 Å². The van der Waals surface area contributed by atoms with Crippen molar-refractivity contribution in [2.45, 2.75) is 66.2 Å². The van der Waals surface area contributed by atoms with E-state index in [2.05, 4.69) is 65.8 Å². The average Bonchev–Trinajstić information content (AvgIpc) is 2.87. The normalized spacial score (nSPS) is 24.8. The van der Waals surface area contributed by atoms with E-state index in [-0.39, 0.29) is 5.41 Å². The van der Waals surface area contributed by atoms with E-state index in [0.29, 0.717) is 38.3 Å². The highest BCUT2D eigenvalue weighted by atomic mass is 31.2. The summed E-state index contributed by atoms with van der Waals surface area (Å²) in [6.07, 6.45) is 1.91. The van der Waals surface area contributed by atoms with Crippen molar-refractivity contribution in [1.29, 1.82) is 0 Å². The Morgan fingerprint density at radius 2 is 1.31 bits per heavy atom. The topological polar surface area (TPSA) is 55.4 Å². The van der Waals surface area contributed by atoms with Gasteiger partial charge in [0.05, 0.1) is 31.8 Å². The lowest BCUT2D eigenvalue weighted by molar-refractivity contribution is -0.0673. The maximum absolute atomic E-state index is 6.18. The van der Waals surface area contributed by atoms with E-state index in [0.717, 1.165) is 24.3 Å². The lowest BCUT2D eigenvalue weighted by Gasteiger charge is -2.41. The first kappa shape index (κ1) is 26.8. The van der Waals surface area contributed by atoms with Gasteiger partial charge in [0.25, 0.3) is 0 Å². The third-order valence-electron chi connectivity index (χ3n) is 6.49. The van der Waals surface area contributed by atoms with Gasteiger partial charge >= 0.3 is 17.2 Å². The fourth-order valence-electron chi connectivity index (χ4n) is 4.03. The SMILES string of the molecule is CCc1ccc(OP2OCC3(CO2)COP(Oc2ccc(C(C)C)cc2C(C)C)OC3)c(CC)c1. The quantitative estimate of drug-likeness (QED) is 0.328. The zero-order chi connectivity index (χ0) is 25.0. The summed E-state index contributed by atoms with van der Waals surface area (Å²) in [6.45, 7) is 14.9. The molecule has 6 nitrogen and oxygen atoms in total. The standard InChI is InChI=1S/C27H38O6P2/c1-7-21-9-11-25(22(8-2)13-21)32-34-28-15-27(16-29-34)17-30-35(31-18-27)33-26-12-10-23(19(3)4)14-24(26)20(5)6/h9-14,19-20H,7-8,15-18H2,1-6H3. The largest absolute Gasteiger partial charge is 0.426 e. The molecule has 35 heavy (non-hydrogen) atoms. The Morgan fingerprint density at radius 1 is 0.743 bits per heavy atom. The molecule has 8 heteroatoms. The molecule has 0 N–H and O–H groups in total. The summed E-state index contributed by atoms with van der Waals surface area (Å²) in [4.78, 5) is 0. The fourth-order valence-corrected chi connectivity index (χ4v) is 6.57. The molecule has 1 spiro atoms. The van der Waals surface area contributed by atoms with Gasteiger partial charge in [0.1, 0.15) is 11.5 Å². The number of hydrogen-bond donors (Lipinski definition) is 0. The second-order valence-electron chi connectivity index (χ2n) is 9.98. The molecule has 192 valence electrons. The van der Waals surface area contributed by atoms with Crippen molar-refractivity contribution in [3.63, 3.8) is 0 Å². The van der Waals surface area contributed by atoms with E-state index in [1.54, 1.807) is 0 Å². The van der Waals surface area contributed by atoms with E-state index >= 15 is 0 Å². The molecule has 0 bridgehead atoms. The lowest BCUT2D eigenvalue weighted by atomic mass is 9.93. The molecule has 0 aromatic heterocycles. The number of rotatable bonds is 8. The van der Waals surface area contributed by atoms with Crippen LogP contribution >= 0.6 is 17.2 Å². The van der Waals surface area contributed by atoms with Gasteiger partial charge in [0.15, 0.2) is 0 Å². The third-order valence-corrected chi connectivity index (χ3v) is 8.54. The van der Waals surface area contributed by atoms with Crippen LogP contribution in [0.25, 0.3) is 0 Å². The predicted octanol–water partition coefficient (Wildman–Crippen LogP) is 8.05. The Morgan fingerprint density at radius 3 is 1.83 bits per heavy atom. The summed E-state index contributed by atoms with van der Waals surface area (Å²) in [5, 5.41) is 0. The van der Waals surface area contributed by atoms with Gasteiger partial charge in [-0.25, -0.2) is 0 Å². The fraction of sp³-hybridized carbons (Fsp3) is 0.556. The Labute approximate surface area is 212 Å². The molecule has 2 aromatic rings. The molecule has 0 amide bonds. The maximum atomic E-state index is 6.18. The van der Waals surface area contributed by atoms with Crippen molar-refractivity contribution in [2.75, 3.05) is 26.4 Å². The molecular weight excluding hydrogens is 482 g/mol. The molecular formula is C27H38O6P2. The zero-order valence-electron chi connectivity index (χ0n) is 21.7. The van der Waals surface area contributed by atoms with Gasteiger partial charge in [0.2, 0.25) is 0 Å². The first-order chi connectivity index (χ1) is 16.8. The highest BCUT2D eigenvalue weighted by Gasteiger charge is 2.45. The molecule has 2 aliphatic rings. The van der Waals surface area contributed by atoms with Crippen molar-refractivity contribution in [2.24, 2.45) is 5.41 Å². The average molecular weight is 521 g/mol. The Bertz CT molecular complexity index is 978. The zero-order valence-corrected chi connectivity index (χ0v) is 23.5. The van der Waals surface area contributed by atoms with Crippen LogP contribution in [0.2, 0.25) is 0 Å². The van der Waals surface area contributed by atoms with Crippen molar-refractivity contribution in [1.82, 2.24) is 0 Å². The summed E-state index contributed by atoms with van der Waals surface area (Å²) >= 11 is 0. The summed E-state index contributed by atoms with van der Waals surface area (Å²) in [7, 11) is -2.91. The molecule has 2 heterocycles. The molecule has 0 radical (unpaired) electrons. The molecule has 2 saturated heterocycles. The van der Waals surface area contributed by atoms with Crippen LogP contribution in [0.4, 0.5) is 0 Å². The summed E-state index contributed by atoms with van der Waals surface area (Å²) in [5.74, 6) is 2.49. The Hall–Kier alpha value is -1.26. The van der Waals surface area contributed by atoms with Crippen molar-refractivity contribution >= 4 is 17.2 Å². The molecule has 0 unspecified atom stereocenters. The van der Waals surface area contributed by atoms with Crippen LogP contribution in [-0.2, 0) is 30.9 Å². The molecule has 4 rings (SSSR count). The maximum Gasteiger partial charge on any atom is 0.397 e. The van der Waals surface area contributed by atoms with E-state index in [4.69, 9.17) is 27.1 Å². The molecule has 0 saturated carbocycles. The lowest BCUT2D eigenvalue weighted by Crippen LogP contribution is -2.45. The summed E-state index contributed by atoms with van der Waals surface area (Å²) < 4.78 is 36.3. The second kappa shape index (κ2) is 11.9. The third kappa shape index (κ3) is 6.55. The van der Waals surface area contributed by atoms with Gasteiger partial charge in [0, 0.05) is 0 Å². The van der Waals surface area contributed by atoms with Crippen molar-refractivity contribution < 1.29 is 27.1 Å². The van der Waals surface area contributed by atoms with Crippen LogP contribution in [0.3, 0.4) is 0 Å². The van der Waals surface area contributed by atoms with Crippen LogP contribution in [0.15, 0.2) is 36.4 Å². The van der Waals surface area contributed by atoms with Crippen molar-refractivity contribution in [3.05, 3.63) is 58.7 Å². The molecule has 2 aromatic carbocycles. The van der Waals surface area contributed by atoms with Gasteiger partial charge < -0.3 is 27.1 Å². The van der Waals surface area contributed by atoms with Gasteiger partial charge in [-0.2, -0.15) is 0 Å². The van der Waals surface area contributed by atoms with Gasteiger partial charge in [-0.15, -0.1) is 0 Å². The van der Waals surface area contributed by atoms with Crippen LogP contribution in [0.1, 0.15) is 75.6 Å². The molecule has 0 atom stereocenters. The minimum Gasteiger partial charge on any atom is -0.426 e. The number of aryl methyl sites for hydroxylation is 2. The second-order valence-corrected chi connectivity index (χ2v) is 12.3. The first-order valence-corrected chi connectivity index (χ1v) is 14.7. The molecule has 2 aliphatic heterocycles. The smallest absolute Gasteiger partial charge is 0.397 e. The number of benzene rings is 2.